The van der Waals surface area contributed by atoms with Crippen molar-refractivity contribution in [2.24, 2.45) is 0 Å². The van der Waals surface area contributed by atoms with Gasteiger partial charge in [0.15, 0.2) is 0 Å². The molecule has 0 saturated carbocycles. The number of rotatable bonds is 7. The van der Waals surface area contributed by atoms with Crippen molar-refractivity contribution in [1.82, 2.24) is 15.2 Å². The van der Waals surface area contributed by atoms with Crippen LogP contribution in [0.5, 0.6) is 0 Å². The molecule has 0 radical (unpaired) electrons. The molecule has 102 valence electrons. The Balaban J connectivity index is 2.44. The molecule has 0 fully saturated rings. The van der Waals surface area contributed by atoms with Gasteiger partial charge in [0, 0.05) is 25.3 Å². The highest BCUT2D eigenvalue weighted by molar-refractivity contribution is 5.14. The minimum Gasteiger partial charge on any atom is -0.310 e. The van der Waals surface area contributed by atoms with Crippen molar-refractivity contribution in [3.05, 3.63) is 29.6 Å². The zero-order valence-electron chi connectivity index (χ0n) is 11.2. The van der Waals surface area contributed by atoms with E-state index in [1.54, 1.807) is 18.1 Å². The van der Waals surface area contributed by atoms with Crippen molar-refractivity contribution < 1.29 is 8.78 Å². The smallest absolute Gasteiger partial charge is 0.251 e. The number of halogens is 2. The number of hydrogen-bond donors (Lipinski definition) is 1. The molecule has 3 nitrogen and oxygen atoms in total. The van der Waals surface area contributed by atoms with Crippen molar-refractivity contribution >= 4 is 0 Å². The first-order chi connectivity index (χ1) is 8.47. The van der Waals surface area contributed by atoms with E-state index in [1.807, 2.05) is 12.1 Å². The molecule has 0 atom stereocenters. The molecule has 0 unspecified atom stereocenters. The normalized spacial score (nSPS) is 11.8. The molecule has 1 aromatic rings. The van der Waals surface area contributed by atoms with Crippen molar-refractivity contribution in [2.45, 2.75) is 39.4 Å². The average molecular weight is 257 g/mol. The lowest BCUT2D eigenvalue weighted by Crippen LogP contribution is -2.24. The summed E-state index contributed by atoms with van der Waals surface area (Å²) in [6, 6.07) is 4.30. The average Bonchev–Trinajstić information content (AvgIpc) is 2.26. The van der Waals surface area contributed by atoms with Crippen LogP contribution in [0, 0.1) is 0 Å². The molecule has 0 saturated heterocycles. The molecular formula is C13H21F2N3. The molecule has 0 bridgehead atoms. The second kappa shape index (κ2) is 7.38. The lowest BCUT2D eigenvalue weighted by atomic mass is 10.2. The largest absolute Gasteiger partial charge is 0.310 e. The highest BCUT2D eigenvalue weighted by Crippen LogP contribution is 2.05. The van der Waals surface area contributed by atoms with E-state index in [1.165, 1.54) is 0 Å². The number of nitrogens with zero attached hydrogens (tertiary/aromatic N) is 2. The van der Waals surface area contributed by atoms with Gasteiger partial charge in [0.1, 0.15) is 0 Å². The van der Waals surface area contributed by atoms with Crippen LogP contribution in [-0.2, 0) is 13.1 Å². The quantitative estimate of drug-likeness (QED) is 0.812. The second-order valence-corrected chi connectivity index (χ2v) is 4.78. The second-order valence-electron chi connectivity index (χ2n) is 4.78. The van der Waals surface area contributed by atoms with Crippen molar-refractivity contribution in [3.63, 3.8) is 0 Å². The third kappa shape index (κ3) is 6.02. The predicted molar refractivity (Wildman–Crippen MR) is 68.6 cm³/mol. The van der Waals surface area contributed by atoms with Crippen LogP contribution in [0.2, 0.25) is 0 Å². The summed E-state index contributed by atoms with van der Waals surface area (Å²) in [5.41, 5.74) is 1.91. The Morgan fingerprint density at radius 2 is 2.06 bits per heavy atom. The van der Waals surface area contributed by atoms with Crippen molar-refractivity contribution in [3.8, 4) is 0 Å². The van der Waals surface area contributed by atoms with Crippen LogP contribution in [0.25, 0.3) is 0 Å². The zero-order valence-corrected chi connectivity index (χ0v) is 11.2. The fraction of sp³-hybridized carbons (Fsp3) is 0.615. The molecule has 0 amide bonds. The lowest BCUT2D eigenvalue weighted by Gasteiger charge is -2.15. The Bertz CT molecular complexity index is 339. The van der Waals surface area contributed by atoms with E-state index < -0.39 is 6.43 Å². The molecule has 0 aromatic carbocycles. The molecule has 1 aromatic heterocycles. The first-order valence-electron chi connectivity index (χ1n) is 6.11. The minimum atomic E-state index is -2.30. The van der Waals surface area contributed by atoms with E-state index >= 15 is 0 Å². The minimum absolute atomic E-state index is 0.224. The van der Waals surface area contributed by atoms with Gasteiger partial charge < -0.3 is 5.32 Å². The molecule has 5 heteroatoms. The van der Waals surface area contributed by atoms with Crippen LogP contribution in [0.1, 0.15) is 25.1 Å². The summed E-state index contributed by atoms with van der Waals surface area (Å²) in [5, 5.41) is 3.30. The SMILES string of the molecule is CC(C)NCc1ccc(CN(C)CC(F)F)nc1. The summed E-state index contributed by atoms with van der Waals surface area (Å²) in [6.07, 6.45) is -0.509. The van der Waals surface area contributed by atoms with Crippen LogP contribution >= 0.6 is 0 Å². The Hall–Kier alpha value is -1.07. The van der Waals surface area contributed by atoms with Crippen LogP contribution in [0.4, 0.5) is 8.78 Å². The van der Waals surface area contributed by atoms with E-state index in [4.69, 9.17) is 0 Å². The molecule has 18 heavy (non-hydrogen) atoms. The number of pyridine rings is 1. The van der Waals surface area contributed by atoms with Crippen LogP contribution in [-0.4, -0.2) is 35.9 Å². The molecule has 0 aliphatic carbocycles. The summed E-state index contributed by atoms with van der Waals surface area (Å²) in [5.74, 6) is 0. The molecule has 1 heterocycles. The van der Waals surface area contributed by atoms with Gasteiger partial charge in [0.2, 0.25) is 0 Å². The zero-order chi connectivity index (χ0) is 13.5. The molecule has 0 aliphatic rings. The Labute approximate surface area is 107 Å². The van der Waals surface area contributed by atoms with Gasteiger partial charge in [0.05, 0.1) is 12.2 Å². The van der Waals surface area contributed by atoms with Crippen LogP contribution in [0.15, 0.2) is 18.3 Å². The molecule has 0 aliphatic heterocycles. The fourth-order valence-electron chi connectivity index (χ4n) is 1.55. The Morgan fingerprint density at radius 1 is 1.33 bits per heavy atom. The van der Waals surface area contributed by atoms with Gasteiger partial charge in [-0.1, -0.05) is 19.9 Å². The summed E-state index contributed by atoms with van der Waals surface area (Å²) >= 11 is 0. The van der Waals surface area contributed by atoms with E-state index in [-0.39, 0.29) is 6.54 Å². The summed E-state index contributed by atoms with van der Waals surface area (Å²) in [4.78, 5) is 5.85. The maximum Gasteiger partial charge on any atom is 0.251 e. The van der Waals surface area contributed by atoms with E-state index in [0.29, 0.717) is 12.6 Å². The molecule has 0 spiro atoms. The molecule has 1 rings (SSSR count). The van der Waals surface area contributed by atoms with Gasteiger partial charge >= 0.3 is 0 Å². The third-order valence-electron chi connectivity index (χ3n) is 2.48. The monoisotopic (exact) mass is 257 g/mol. The van der Waals surface area contributed by atoms with E-state index in [9.17, 15) is 8.78 Å². The summed E-state index contributed by atoms with van der Waals surface area (Å²) in [7, 11) is 1.67. The summed E-state index contributed by atoms with van der Waals surface area (Å²) < 4.78 is 24.3. The van der Waals surface area contributed by atoms with E-state index in [2.05, 4.69) is 24.1 Å². The highest BCUT2D eigenvalue weighted by Gasteiger charge is 2.08. The van der Waals surface area contributed by atoms with Gasteiger partial charge in [0.25, 0.3) is 6.43 Å². The lowest BCUT2D eigenvalue weighted by molar-refractivity contribution is 0.0970. The fourth-order valence-corrected chi connectivity index (χ4v) is 1.55. The van der Waals surface area contributed by atoms with Crippen LogP contribution in [0.3, 0.4) is 0 Å². The third-order valence-corrected chi connectivity index (χ3v) is 2.48. The van der Waals surface area contributed by atoms with Gasteiger partial charge in [-0.05, 0) is 18.7 Å². The van der Waals surface area contributed by atoms with E-state index in [0.717, 1.165) is 17.8 Å². The standard InChI is InChI=1S/C13H21F2N3/c1-10(2)16-6-11-4-5-12(17-7-11)8-18(3)9-13(14)15/h4-5,7,10,13,16H,6,8-9H2,1-3H3. The Morgan fingerprint density at radius 3 is 2.56 bits per heavy atom. The number of hydrogen-bond acceptors (Lipinski definition) is 3. The number of nitrogens with one attached hydrogen (secondary N) is 1. The van der Waals surface area contributed by atoms with Gasteiger partial charge in [-0.3, -0.25) is 9.88 Å². The van der Waals surface area contributed by atoms with Gasteiger partial charge in [-0.15, -0.1) is 0 Å². The number of aromatic nitrogens is 1. The highest BCUT2D eigenvalue weighted by atomic mass is 19.3. The maximum atomic E-state index is 12.2. The first kappa shape index (κ1) is 15.0. The Kier molecular flexibility index (Phi) is 6.15. The topological polar surface area (TPSA) is 28.2 Å². The van der Waals surface area contributed by atoms with Gasteiger partial charge in [-0.2, -0.15) is 0 Å². The van der Waals surface area contributed by atoms with Crippen LogP contribution < -0.4 is 5.32 Å². The van der Waals surface area contributed by atoms with Crippen molar-refractivity contribution in [1.29, 1.82) is 0 Å². The summed E-state index contributed by atoms with van der Waals surface area (Å²) in [6.45, 7) is 5.17. The maximum absolute atomic E-state index is 12.2. The van der Waals surface area contributed by atoms with Gasteiger partial charge in [-0.25, -0.2) is 8.78 Å². The predicted octanol–water partition coefficient (Wildman–Crippen LogP) is 2.28. The first-order valence-corrected chi connectivity index (χ1v) is 6.11. The molecular weight excluding hydrogens is 236 g/mol. The van der Waals surface area contributed by atoms with Crippen molar-refractivity contribution in [2.75, 3.05) is 13.6 Å². The number of alkyl halides is 2. The molecule has 1 N–H and O–H groups in total.